The fourth-order valence-corrected chi connectivity index (χ4v) is 1.94. The molecule has 5 nitrogen and oxygen atoms in total. The maximum Gasteiger partial charge on any atom is 0.435 e. The van der Waals surface area contributed by atoms with Gasteiger partial charge in [0.25, 0.3) is 0 Å². The molecule has 0 aromatic carbocycles. The molecule has 2 rings (SSSR count). The van der Waals surface area contributed by atoms with Crippen LogP contribution in [0.3, 0.4) is 0 Å². The van der Waals surface area contributed by atoms with Crippen molar-refractivity contribution >= 4 is 11.6 Å². The van der Waals surface area contributed by atoms with E-state index in [4.69, 9.17) is 0 Å². The number of halogens is 3. The van der Waals surface area contributed by atoms with E-state index in [1.807, 2.05) is 0 Å². The molecule has 2 aromatic rings. The molecule has 1 N–H and O–H groups in total. The van der Waals surface area contributed by atoms with E-state index in [9.17, 15) is 18.0 Å². The molecule has 0 saturated heterocycles. The fourth-order valence-electron chi connectivity index (χ4n) is 1.94. The van der Waals surface area contributed by atoms with E-state index >= 15 is 0 Å². The second-order valence-corrected chi connectivity index (χ2v) is 5.42. The molecular weight excluding hydrogens is 321 g/mol. The highest BCUT2D eigenvalue weighted by Gasteiger charge is 2.36. The van der Waals surface area contributed by atoms with Gasteiger partial charge in [0.05, 0.1) is 11.9 Å². The zero-order valence-electron chi connectivity index (χ0n) is 13.3. The molecule has 1 amide bonds. The van der Waals surface area contributed by atoms with Crippen molar-refractivity contribution in [2.75, 3.05) is 5.32 Å². The second kappa shape index (κ2) is 6.77. The molecule has 126 valence electrons. The van der Waals surface area contributed by atoms with Crippen molar-refractivity contribution < 1.29 is 18.0 Å². The fraction of sp³-hybridized carbons (Fsp3) is 0.250. The molecule has 0 fully saturated rings. The summed E-state index contributed by atoms with van der Waals surface area (Å²) < 4.78 is 39.8. The summed E-state index contributed by atoms with van der Waals surface area (Å²) in [7, 11) is 0. The monoisotopic (exact) mass is 336 g/mol. The lowest BCUT2D eigenvalue weighted by atomic mass is 10.2. The Morgan fingerprint density at radius 2 is 1.92 bits per heavy atom. The average Bonchev–Trinajstić information content (AvgIpc) is 2.45. The third kappa shape index (κ3) is 4.37. The molecular formula is C16H15F3N4O. The molecule has 8 heteroatoms. The number of nitrogens with one attached hydrogen (secondary N) is 1. The third-order valence-electron chi connectivity index (χ3n) is 2.87. The lowest BCUT2D eigenvalue weighted by Gasteiger charge is -2.13. The first kappa shape index (κ1) is 17.6. The predicted octanol–water partition coefficient (Wildman–Crippen LogP) is 3.77. The van der Waals surface area contributed by atoms with Crippen LogP contribution in [0.5, 0.6) is 0 Å². The van der Waals surface area contributed by atoms with Crippen LogP contribution in [0.2, 0.25) is 0 Å². The van der Waals surface area contributed by atoms with Crippen LogP contribution >= 0.6 is 0 Å². The summed E-state index contributed by atoms with van der Waals surface area (Å²) in [5.41, 5.74) is 0.0941. The molecule has 0 aliphatic rings. The maximum atomic E-state index is 13.3. The van der Waals surface area contributed by atoms with Crippen molar-refractivity contribution in [2.24, 2.45) is 0 Å². The normalized spacial score (nSPS) is 11.1. The van der Waals surface area contributed by atoms with E-state index in [-0.39, 0.29) is 5.82 Å². The molecule has 2 aromatic heterocycles. The Hall–Kier alpha value is -2.77. The minimum atomic E-state index is -4.73. The molecule has 0 spiro atoms. The SMILES string of the molecule is CC(C)=CC(=O)Nc1cnc(-c2cncc(C)c2)nc1C(F)(F)F. The van der Waals surface area contributed by atoms with Gasteiger partial charge in [0.1, 0.15) is 0 Å². The number of nitrogens with zero attached hydrogens (tertiary/aromatic N) is 3. The van der Waals surface area contributed by atoms with Gasteiger partial charge in [0.15, 0.2) is 11.5 Å². The third-order valence-corrected chi connectivity index (χ3v) is 2.87. The highest BCUT2D eigenvalue weighted by molar-refractivity contribution is 6.00. The number of anilines is 1. The summed E-state index contributed by atoms with van der Waals surface area (Å²) in [6, 6.07) is 1.63. The Balaban J connectivity index is 2.47. The van der Waals surface area contributed by atoms with Crippen molar-refractivity contribution in [3.8, 4) is 11.4 Å². The zero-order chi connectivity index (χ0) is 17.9. The first-order valence-electron chi connectivity index (χ1n) is 6.99. The Kier molecular flexibility index (Phi) is 4.96. The summed E-state index contributed by atoms with van der Waals surface area (Å²) >= 11 is 0. The van der Waals surface area contributed by atoms with Crippen LogP contribution in [0.25, 0.3) is 11.4 Å². The van der Waals surface area contributed by atoms with Gasteiger partial charge in [-0.3, -0.25) is 9.78 Å². The number of amides is 1. The maximum absolute atomic E-state index is 13.3. The Morgan fingerprint density at radius 3 is 2.50 bits per heavy atom. The quantitative estimate of drug-likeness (QED) is 0.867. The Labute approximate surface area is 136 Å². The minimum Gasteiger partial charge on any atom is -0.319 e. The van der Waals surface area contributed by atoms with Crippen LogP contribution in [-0.4, -0.2) is 20.9 Å². The van der Waals surface area contributed by atoms with E-state index in [0.717, 1.165) is 11.8 Å². The summed E-state index contributed by atoms with van der Waals surface area (Å²) in [5.74, 6) is -0.784. The van der Waals surface area contributed by atoms with Crippen LogP contribution in [0.1, 0.15) is 25.1 Å². The van der Waals surface area contributed by atoms with E-state index in [0.29, 0.717) is 11.1 Å². The first-order chi connectivity index (χ1) is 11.2. The molecule has 2 heterocycles. The topological polar surface area (TPSA) is 67.8 Å². The van der Waals surface area contributed by atoms with Crippen molar-refractivity contribution in [1.29, 1.82) is 0 Å². The average molecular weight is 336 g/mol. The van der Waals surface area contributed by atoms with Gasteiger partial charge in [-0.05, 0) is 32.4 Å². The number of hydrogen-bond acceptors (Lipinski definition) is 4. The zero-order valence-corrected chi connectivity index (χ0v) is 13.3. The van der Waals surface area contributed by atoms with E-state index in [1.165, 1.54) is 12.3 Å². The predicted molar refractivity (Wildman–Crippen MR) is 83.1 cm³/mol. The summed E-state index contributed by atoms with van der Waals surface area (Å²) in [6.45, 7) is 5.08. The van der Waals surface area contributed by atoms with Crippen molar-refractivity contribution in [1.82, 2.24) is 15.0 Å². The highest BCUT2D eigenvalue weighted by Crippen LogP contribution is 2.34. The summed E-state index contributed by atoms with van der Waals surface area (Å²) in [5, 5.41) is 2.16. The lowest BCUT2D eigenvalue weighted by Crippen LogP contribution is -2.17. The molecule has 0 unspecified atom stereocenters. The minimum absolute atomic E-state index is 0.112. The number of aryl methyl sites for hydroxylation is 1. The molecule has 0 bridgehead atoms. The van der Waals surface area contributed by atoms with Gasteiger partial charge < -0.3 is 5.32 Å². The van der Waals surface area contributed by atoms with E-state index in [1.54, 1.807) is 33.0 Å². The number of aromatic nitrogens is 3. The number of allylic oxidation sites excluding steroid dienone is 1. The molecule has 24 heavy (non-hydrogen) atoms. The van der Waals surface area contributed by atoms with E-state index < -0.39 is 23.5 Å². The number of carbonyl (C=O) groups is 1. The summed E-state index contributed by atoms with van der Waals surface area (Å²) in [6.07, 6.45) is 0.359. The van der Waals surface area contributed by atoms with Crippen LogP contribution in [0, 0.1) is 6.92 Å². The van der Waals surface area contributed by atoms with Gasteiger partial charge >= 0.3 is 6.18 Å². The van der Waals surface area contributed by atoms with Gasteiger partial charge in [-0.15, -0.1) is 0 Å². The number of alkyl halides is 3. The van der Waals surface area contributed by atoms with E-state index in [2.05, 4.69) is 20.3 Å². The molecule has 0 atom stereocenters. The van der Waals surface area contributed by atoms with Crippen LogP contribution in [0.4, 0.5) is 18.9 Å². The van der Waals surface area contributed by atoms with Gasteiger partial charge in [0, 0.05) is 24.0 Å². The Morgan fingerprint density at radius 1 is 1.21 bits per heavy atom. The van der Waals surface area contributed by atoms with Crippen molar-refractivity contribution in [3.05, 3.63) is 47.6 Å². The molecule has 0 radical (unpaired) electrons. The van der Waals surface area contributed by atoms with Gasteiger partial charge in [-0.2, -0.15) is 13.2 Å². The number of pyridine rings is 1. The van der Waals surface area contributed by atoms with Crippen LogP contribution in [0.15, 0.2) is 36.3 Å². The van der Waals surface area contributed by atoms with Gasteiger partial charge in [-0.25, -0.2) is 9.97 Å². The number of rotatable bonds is 3. The molecule has 0 aliphatic heterocycles. The van der Waals surface area contributed by atoms with Crippen molar-refractivity contribution in [3.63, 3.8) is 0 Å². The van der Waals surface area contributed by atoms with Crippen LogP contribution in [-0.2, 0) is 11.0 Å². The number of hydrogen-bond donors (Lipinski definition) is 1. The summed E-state index contributed by atoms with van der Waals surface area (Å²) in [4.78, 5) is 23.1. The highest BCUT2D eigenvalue weighted by atomic mass is 19.4. The second-order valence-electron chi connectivity index (χ2n) is 5.42. The smallest absolute Gasteiger partial charge is 0.319 e. The molecule has 0 aliphatic carbocycles. The van der Waals surface area contributed by atoms with Crippen LogP contribution < -0.4 is 5.32 Å². The van der Waals surface area contributed by atoms with Gasteiger partial charge in [0.2, 0.25) is 5.91 Å². The van der Waals surface area contributed by atoms with Crippen molar-refractivity contribution in [2.45, 2.75) is 26.9 Å². The standard InChI is InChI=1S/C16H15F3N4O/c1-9(2)4-13(24)22-12-8-21-15(23-14(12)16(17,18)19)11-5-10(3)6-20-7-11/h4-8H,1-3H3,(H,22,24). The lowest BCUT2D eigenvalue weighted by molar-refractivity contribution is -0.140. The molecule has 0 saturated carbocycles. The largest absolute Gasteiger partial charge is 0.435 e. The number of carbonyl (C=O) groups excluding carboxylic acids is 1. The first-order valence-corrected chi connectivity index (χ1v) is 6.99. The van der Waals surface area contributed by atoms with Gasteiger partial charge in [-0.1, -0.05) is 5.57 Å². The Bertz CT molecular complexity index is 796.